The SMILES string of the molecule is O=C(/C=C/c1cccc(C(F)(F)F)c1)NCC1CN(Cc2ccccc2)CCO1. The van der Waals surface area contributed by atoms with E-state index in [0.717, 1.165) is 25.2 Å². The molecule has 1 heterocycles. The molecule has 2 aromatic carbocycles. The largest absolute Gasteiger partial charge is 0.416 e. The Morgan fingerprint density at radius 2 is 1.97 bits per heavy atom. The molecule has 1 unspecified atom stereocenters. The molecule has 2 aromatic rings. The van der Waals surface area contributed by atoms with Gasteiger partial charge >= 0.3 is 6.18 Å². The zero-order valence-electron chi connectivity index (χ0n) is 15.9. The molecule has 0 saturated carbocycles. The highest BCUT2D eigenvalue weighted by Gasteiger charge is 2.30. The molecule has 1 saturated heterocycles. The van der Waals surface area contributed by atoms with Gasteiger partial charge in [0, 0.05) is 32.3 Å². The number of carbonyl (C=O) groups is 1. The van der Waals surface area contributed by atoms with Crippen molar-refractivity contribution in [2.75, 3.05) is 26.2 Å². The Hall–Kier alpha value is -2.64. The van der Waals surface area contributed by atoms with Crippen molar-refractivity contribution in [3.63, 3.8) is 0 Å². The van der Waals surface area contributed by atoms with E-state index in [2.05, 4.69) is 22.3 Å². The summed E-state index contributed by atoms with van der Waals surface area (Å²) < 4.78 is 43.9. The van der Waals surface area contributed by atoms with Crippen molar-refractivity contribution >= 4 is 12.0 Å². The summed E-state index contributed by atoms with van der Waals surface area (Å²) in [4.78, 5) is 14.3. The number of hydrogen-bond donors (Lipinski definition) is 1. The lowest BCUT2D eigenvalue weighted by molar-refractivity contribution is -0.137. The van der Waals surface area contributed by atoms with Crippen molar-refractivity contribution in [2.24, 2.45) is 0 Å². The molecule has 1 amide bonds. The summed E-state index contributed by atoms with van der Waals surface area (Å²) in [6, 6.07) is 15.0. The van der Waals surface area contributed by atoms with Gasteiger partial charge in [0.15, 0.2) is 0 Å². The fourth-order valence-corrected chi connectivity index (χ4v) is 3.15. The number of nitrogens with one attached hydrogen (secondary N) is 1. The van der Waals surface area contributed by atoms with E-state index in [1.807, 2.05) is 18.2 Å². The molecule has 1 aliphatic rings. The predicted molar refractivity (Wildman–Crippen MR) is 105 cm³/mol. The Balaban J connectivity index is 1.47. The molecule has 0 spiro atoms. The first-order valence-electron chi connectivity index (χ1n) is 9.41. The molecule has 7 heteroatoms. The summed E-state index contributed by atoms with van der Waals surface area (Å²) in [5.41, 5.74) is 0.799. The second-order valence-corrected chi connectivity index (χ2v) is 6.92. The lowest BCUT2D eigenvalue weighted by Crippen LogP contribution is -2.46. The van der Waals surface area contributed by atoms with Crippen LogP contribution in [0.4, 0.5) is 13.2 Å². The smallest absolute Gasteiger partial charge is 0.374 e. The lowest BCUT2D eigenvalue weighted by atomic mass is 10.1. The third-order valence-electron chi connectivity index (χ3n) is 4.62. The van der Waals surface area contributed by atoms with Gasteiger partial charge in [-0.05, 0) is 29.3 Å². The summed E-state index contributed by atoms with van der Waals surface area (Å²) >= 11 is 0. The molecular formula is C22H23F3N2O2. The molecule has 1 fully saturated rings. The minimum atomic E-state index is -4.41. The predicted octanol–water partition coefficient (Wildman–Crippen LogP) is 3.74. The van der Waals surface area contributed by atoms with Crippen LogP contribution in [0, 0.1) is 0 Å². The van der Waals surface area contributed by atoms with Gasteiger partial charge in [-0.25, -0.2) is 0 Å². The molecule has 1 aliphatic heterocycles. The van der Waals surface area contributed by atoms with E-state index in [1.165, 1.54) is 29.8 Å². The highest BCUT2D eigenvalue weighted by molar-refractivity contribution is 5.91. The zero-order valence-corrected chi connectivity index (χ0v) is 15.9. The highest BCUT2D eigenvalue weighted by atomic mass is 19.4. The zero-order chi connectivity index (χ0) is 20.7. The lowest BCUT2D eigenvalue weighted by Gasteiger charge is -2.33. The van der Waals surface area contributed by atoms with Crippen LogP contribution in [0.5, 0.6) is 0 Å². The van der Waals surface area contributed by atoms with Crippen molar-refractivity contribution in [1.82, 2.24) is 10.2 Å². The first-order valence-corrected chi connectivity index (χ1v) is 9.41. The average Bonchev–Trinajstić information content (AvgIpc) is 2.71. The quantitative estimate of drug-likeness (QED) is 0.746. The van der Waals surface area contributed by atoms with Gasteiger partial charge in [-0.2, -0.15) is 13.2 Å². The average molecular weight is 404 g/mol. The van der Waals surface area contributed by atoms with Crippen molar-refractivity contribution in [2.45, 2.75) is 18.8 Å². The van der Waals surface area contributed by atoms with Crippen LogP contribution in [0.25, 0.3) is 6.08 Å². The number of ether oxygens (including phenoxy) is 1. The van der Waals surface area contributed by atoms with Gasteiger partial charge in [0.1, 0.15) is 0 Å². The Morgan fingerprint density at radius 1 is 1.17 bits per heavy atom. The molecule has 0 radical (unpaired) electrons. The molecule has 1 N–H and O–H groups in total. The monoisotopic (exact) mass is 404 g/mol. The van der Waals surface area contributed by atoms with Gasteiger partial charge in [-0.15, -0.1) is 0 Å². The molecule has 1 atom stereocenters. The van der Waals surface area contributed by atoms with Gasteiger partial charge in [0.2, 0.25) is 5.91 Å². The fraction of sp³-hybridized carbons (Fsp3) is 0.318. The van der Waals surface area contributed by atoms with Crippen molar-refractivity contribution in [3.8, 4) is 0 Å². The Labute approximate surface area is 168 Å². The maximum absolute atomic E-state index is 12.7. The van der Waals surface area contributed by atoms with Crippen LogP contribution in [-0.2, 0) is 22.3 Å². The summed E-state index contributed by atoms with van der Waals surface area (Å²) in [5.74, 6) is -0.369. The van der Waals surface area contributed by atoms with Crippen LogP contribution in [0.3, 0.4) is 0 Å². The van der Waals surface area contributed by atoms with E-state index < -0.39 is 11.7 Å². The molecule has 3 rings (SSSR count). The second kappa shape index (κ2) is 9.71. The number of hydrogen-bond acceptors (Lipinski definition) is 3. The third-order valence-corrected chi connectivity index (χ3v) is 4.62. The van der Waals surface area contributed by atoms with E-state index in [0.29, 0.717) is 25.3 Å². The molecule has 29 heavy (non-hydrogen) atoms. The van der Waals surface area contributed by atoms with Crippen LogP contribution in [0.1, 0.15) is 16.7 Å². The molecular weight excluding hydrogens is 381 g/mol. The van der Waals surface area contributed by atoms with Crippen LogP contribution in [0.2, 0.25) is 0 Å². The molecule has 4 nitrogen and oxygen atoms in total. The van der Waals surface area contributed by atoms with E-state index in [-0.39, 0.29) is 12.0 Å². The number of alkyl halides is 3. The first-order chi connectivity index (χ1) is 13.9. The van der Waals surface area contributed by atoms with Crippen LogP contribution < -0.4 is 5.32 Å². The van der Waals surface area contributed by atoms with E-state index >= 15 is 0 Å². The molecule has 0 aromatic heterocycles. The van der Waals surface area contributed by atoms with Gasteiger partial charge in [-0.1, -0.05) is 42.5 Å². The third kappa shape index (κ3) is 6.73. The Morgan fingerprint density at radius 3 is 2.72 bits per heavy atom. The Bertz CT molecular complexity index is 837. The number of rotatable bonds is 6. The Kier molecular flexibility index (Phi) is 7.06. The number of halogens is 3. The number of morpholine rings is 1. The summed E-state index contributed by atoms with van der Waals surface area (Å²) in [6.07, 6.45) is -1.93. The standard InChI is InChI=1S/C22H23F3N2O2/c23-22(24,25)19-8-4-7-17(13-19)9-10-21(28)26-14-20-16-27(11-12-29-20)15-18-5-2-1-3-6-18/h1-10,13,20H,11-12,14-16H2,(H,26,28)/b10-9+. The molecule has 154 valence electrons. The highest BCUT2D eigenvalue weighted by Crippen LogP contribution is 2.29. The van der Waals surface area contributed by atoms with Gasteiger partial charge in [-0.3, -0.25) is 9.69 Å². The summed E-state index contributed by atoms with van der Waals surface area (Å²) in [5, 5.41) is 2.75. The normalized spacial score (nSPS) is 18.1. The molecule has 0 bridgehead atoms. The number of nitrogens with zero attached hydrogens (tertiary/aromatic N) is 1. The van der Waals surface area contributed by atoms with Gasteiger partial charge in [0.25, 0.3) is 0 Å². The topological polar surface area (TPSA) is 41.6 Å². The van der Waals surface area contributed by atoms with Crippen LogP contribution in [-0.4, -0.2) is 43.2 Å². The van der Waals surface area contributed by atoms with Crippen LogP contribution in [0.15, 0.2) is 60.7 Å². The van der Waals surface area contributed by atoms with E-state index in [9.17, 15) is 18.0 Å². The summed E-state index contributed by atoms with van der Waals surface area (Å²) in [7, 11) is 0. The van der Waals surface area contributed by atoms with Crippen molar-refractivity contribution < 1.29 is 22.7 Å². The second-order valence-electron chi connectivity index (χ2n) is 6.92. The number of amides is 1. The van der Waals surface area contributed by atoms with E-state index in [4.69, 9.17) is 4.74 Å². The minimum Gasteiger partial charge on any atom is -0.374 e. The van der Waals surface area contributed by atoms with Gasteiger partial charge in [0.05, 0.1) is 18.3 Å². The van der Waals surface area contributed by atoms with Crippen molar-refractivity contribution in [3.05, 3.63) is 77.4 Å². The maximum atomic E-state index is 12.7. The summed E-state index contributed by atoms with van der Waals surface area (Å²) in [6.45, 7) is 3.29. The number of benzene rings is 2. The fourth-order valence-electron chi connectivity index (χ4n) is 3.15. The maximum Gasteiger partial charge on any atom is 0.416 e. The van der Waals surface area contributed by atoms with Gasteiger partial charge < -0.3 is 10.1 Å². The molecule has 0 aliphatic carbocycles. The minimum absolute atomic E-state index is 0.127. The van der Waals surface area contributed by atoms with E-state index in [1.54, 1.807) is 0 Å². The number of carbonyl (C=O) groups excluding carboxylic acids is 1. The first kappa shape index (κ1) is 21.1. The van der Waals surface area contributed by atoms with Crippen LogP contribution >= 0.6 is 0 Å². The van der Waals surface area contributed by atoms with Crippen molar-refractivity contribution in [1.29, 1.82) is 0 Å².